The van der Waals surface area contributed by atoms with Crippen molar-refractivity contribution < 1.29 is 9.53 Å². The first-order valence-electron chi connectivity index (χ1n) is 8.65. The fraction of sp³-hybridized carbons (Fsp3) is 0.421. The van der Waals surface area contributed by atoms with Crippen molar-refractivity contribution in [3.63, 3.8) is 0 Å². The Morgan fingerprint density at radius 2 is 2.15 bits per heavy atom. The Hall–Kier alpha value is -2.19. The minimum Gasteiger partial charge on any atom is -0.443 e. The van der Waals surface area contributed by atoms with Gasteiger partial charge in [-0.3, -0.25) is 9.78 Å². The first-order valence-corrected chi connectivity index (χ1v) is 9.45. The molecule has 0 bridgehead atoms. The molecule has 0 fully saturated rings. The summed E-state index contributed by atoms with van der Waals surface area (Å²) in [6, 6.07) is 5.53. The molecule has 0 aliphatic carbocycles. The molecule has 0 aromatic carbocycles. The van der Waals surface area contributed by atoms with E-state index in [0.717, 1.165) is 16.6 Å². The summed E-state index contributed by atoms with van der Waals surface area (Å²) in [5.41, 5.74) is 6.11. The van der Waals surface area contributed by atoms with Gasteiger partial charge in [0.05, 0.1) is 11.6 Å². The van der Waals surface area contributed by atoms with Crippen molar-refractivity contribution in [2.24, 2.45) is 12.8 Å². The summed E-state index contributed by atoms with van der Waals surface area (Å²) in [6.07, 6.45) is 2.53. The molecule has 2 heterocycles. The van der Waals surface area contributed by atoms with E-state index in [1.165, 1.54) is 4.57 Å². The van der Waals surface area contributed by atoms with Crippen LogP contribution in [0.5, 0.6) is 0 Å². The van der Waals surface area contributed by atoms with E-state index in [1.54, 1.807) is 39.4 Å². The minimum absolute atomic E-state index is 0.192. The highest BCUT2D eigenvalue weighted by molar-refractivity contribution is 9.10. The fourth-order valence-corrected chi connectivity index (χ4v) is 3.64. The first kappa shape index (κ1) is 21.1. The summed E-state index contributed by atoms with van der Waals surface area (Å²) in [5.74, 6) is -0.589. The number of aryl methyl sites for hydroxylation is 1. The summed E-state index contributed by atoms with van der Waals surface area (Å²) in [5, 5.41) is 3.24. The van der Waals surface area contributed by atoms with Crippen LogP contribution in [-0.4, -0.2) is 27.8 Å². The minimum atomic E-state index is -1.07. The van der Waals surface area contributed by atoms with Crippen LogP contribution in [0.4, 0.5) is 4.79 Å². The monoisotopic (exact) mass is 436 g/mol. The van der Waals surface area contributed by atoms with Gasteiger partial charge in [0.25, 0.3) is 5.56 Å². The maximum absolute atomic E-state index is 12.8. The zero-order valence-corrected chi connectivity index (χ0v) is 17.5. The average molecular weight is 437 g/mol. The smallest absolute Gasteiger partial charge is 0.405 e. The largest absolute Gasteiger partial charge is 0.443 e. The molecule has 0 saturated heterocycles. The molecule has 0 radical (unpaired) electrons. The van der Waals surface area contributed by atoms with E-state index in [4.69, 9.17) is 10.5 Å². The van der Waals surface area contributed by atoms with Gasteiger partial charge >= 0.3 is 6.09 Å². The number of ether oxygens (including phenoxy) is 1. The Labute approximate surface area is 167 Å². The van der Waals surface area contributed by atoms with Crippen LogP contribution in [0.1, 0.15) is 43.5 Å². The van der Waals surface area contributed by atoms with E-state index >= 15 is 0 Å². The summed E-state index contributed by atoms with van der Waals surface area (Å²) in [4.78, 5) is 28.8. The van der Waals surface area contributed by atoms with Crippen LogP contribution in [0.25, 0.3) is 0 Å². The lowest BCUT2D eigenvalue weighted by Crippen LogP contribution is -2.41. The number of aromatic nitrogens is 2. The van der Waals surface area contributed by atoms with E-state index in [1.807, 2.05) is 19.1 Å². The van der Waals surface area contributed by atoms with Crippen LogP contribution < -0.4 is 16.6 Å². The molecular formula is C19H25BrN4O3. The predicted molar refractivity (Wildman–Crippen MR) is 108 cm³/mol. The molecule has 2 aromatic rings. The van der Waals surface area contributed by atoms with Crippen LogP contribution in [0.3, 0.4) is 0 Å². The van der Waals surface area contributed by atoms with Crippen molar-refractivity contribution in [2.45, 2.75) is 38.8 Å². The SMILES string of the molecule is CCNCc1ccc(C(c2cc(Br)cn(C)c2=O)C(C)(C)OC(N)=O)nc1. The number of nitrogens with one attached hydrogen (secondary N) is 1. The maximum atomic E-state index is 12.8. The highest BCUT2D eigenvalue weighted by Crippen LogP contribution is 2.35. The number of amides is 1. The van der Waals surface area contributed by atoms with Gasteiger partial charge in [0, 0.05) is 36.0 Å². The fourth-order valence-electron chi connectivity index (χ4n) is 3.09. The maximum Gasteiger partial charge on any atom is 0.405 e. The van der Waals surface area contributed by atoms with Gasteiger partial charge in [0.2, 0.25) is 0 Å². The van der Waals surface area contributed by atoms with Crippen molar-refractivity contribution in [3.8, 4) is 0 Å². The Morgan fingerprint density at radius 1 is 1.44 bits per heavy atom. The first-order chi connectivity index (χ1) is 12.7. The van der Waals surface area contributed by atoms with Crippen molar-refractivity contribution in [1.29, 1.82) is 0 Å². The van der Waals surface area contributed by atoms with Gasteiger partial charge in [0.1, 0.15) is 5.60 Å². The Morgan fingerprint density at radius 3 is 2.70 bits per heavy atom. The number of hydrogen-bond donors (Lipinski definition) is 2. The number of nitrogens with two attached hydrogens (primary N) is 1. The van der Waals surface area contributed by atoms with E-state index in [-0.39, 0.29) is 5.56 Å². The molecule has 1 atom stereocenters. The predicted octanol–water partition coefficient (Wildman–Crippen LogP) is 2.66. The second-order valence-electron chi connectivity index (χ2n) is 6.86. The van der Waals surface area contributed by atoms with Gasteiger partial charge in [-0.1, -0.05) is 13.0 Å². The molecule has 7 nitrogen and oxygen atoms in total. The third-order valence-corrected chi connectivity index (χ3v) is 4.70. The Kier molecular flexibility index (Phi) is 6.78. The molecular weight excluding hydrogens is 412 g/mol. The molecule has 1 amide bonds. The lowest BCUT2D eigenvalue weighted by Gasteiger charge is -2.33. The molecule has 2 rings (SSSR count). The third kappa shape index (κ3) is 5.17. The van der Waals surface area contributed by atoms with E-state index in [9.17, 15) is 9.59 Å². The highest BCUT2D eigenvalue weighted by atomic mass is 79.9. The van der Waals surface area contributed by atoms with Crippen LogP contribution in [0.15, 0.2) is 39.9 Å². The molecule has 0 aliphatic heterocycles. The van der Waals surface area contributed by atoms with Crippen LogP contribution in [0.2, 0.25) is 0 Å². The quantitative estimate of drug-likeness (QED) is 0.694. The number of rotatable bonds is 7. The molecule has 0 spiro atoms. The molecule has 8 heteroatoms. The van der Waals surface area contributed by atoms with Gasteiger partial charge in [-0.25, -0.2) is 4.79 Å². The van der Waals surface area contributed by atoms with Gasteiger partial charge in [-0.15, -0.1) is 0 Å². The van der Waals surface area contributed by atoms with Gasteiger partial charge < -0.3 is 20.4 Å². The number of nitrogens with zero attached hydrogens (tertiary/aromatic N) is 2. The van der Waals surface area contributed by atoms with E-state index in [0.29, 0.717) is 17.8 Å². The van der Waals surface area contributed by atoms with E-state index in [2.05, 4.69) is 26.2 Å². The Bertz CT molecular complexity index is 862. The number of carbonyl (C=O) groups excluding carboxylic acids is 1. The number of hydrogen-bond acceptors (Lipinski definition) is 5. The molecule has 0 saturated carbocycles. The summed E-state index contributed by atoms with van der Waals surface area (Å²) in [6.45, 7) is 7.03. The number of halogens is 1. The molecule has 146 valence electrons. The van der Waals surface area contributed by atoms with Gasteiger partial charge in [-0.05, 0) is 54.0 Å². The molecule has 3 N–H and O–H groups in total. The molecule has 27 heavy (non-hydrogen) atoms. The average Bonchev–Trinajstić information content (AvgIpc) is 2.57. The zero-order chi connectivity index (χ0) is 20.2. The van der Waals surface area contributed by atoms with Crippen molar-refractivity contribution in [3.05, 3.63) is 62.2 Å². The second kappa shape index (κ2) is 8.67. The lowest BCUT2D eigenvalue weighted by molar-refractivity contribution is 0.0319. The summed E-state index contributed by atoms with van der Waals surface area (Å²) in [7, 11) is 1.67. The van der Waals surface area contributed by atoms with Crippen LogP contribution >= 0.6 is 15.9 Å². The van der Waals surface area contributed by atoms with Crippen LogP contribution in [-0.2, 0) is 18.3 Å². The summed E-state index contributed by atoms with van der Waals surface area (Å²) < 4.78 is 7.58. The van der Waals surface area contributed by atoms with E-state index < -0.39 is 17.6 Å². The topological polar surface area (TPSA) is 99.2 Å². The lowest BCUT2D eigenvalue weighted by atomic mass is 9.82. The van der Waals surface area contributed by atoms with Gasteiger partial charge in [-0.2, -0.15) is 0 Å². The normalized spacial score (nSPS) is 12.6. The molecule has 1 unspecified atom stereocenters. The van der Waals surface area contributed by atoms with Crippen molar-refractivity contribution in [2.75, 3.05) is 6.54 Å². The standard InChI is InChI=1S/C19H25BrN4O3/c1-5-22-9-12-6-7-15(23-10-12)16(19(2,3)27-18(21)26)14-8-13(20)11-24(4)17(14)25/h6-8,10-11,16,22H,5,9H2,1-4H3,(H2,21,26). The molecule has 2 aromatic heterocycles. The van der Waals surface area contributed by atoms with Crippen molar-refractivity contribution >= 4 is 22.0 Å². The van der Waals surface area contributed by atoms with Gasteiger partial charge in [0.15, 0.2) is 0 Å². The second-order valence-corrected chi connectivity index (χ2v) is 7.77. The van der Waals surface area contributed by atoms with Crippen molar-refractivity contribution in [1.82, 2.24) is 14.9 Å². The number of pyridine rings is 2. The Balaban J connectivity index is 2.58. The third-order valence-electron chi connectivity index (χ3n) is 4.27. The highest BCUT2D eigenvalue weighted by Gasteiger charge is 2.38. The zero-order valence-electron chi connectivity index (χ0n) is 16.0. The number of primary amides is 1. The number of carbonyl (C=O) groups is 1. The summed E-state index contributed by atoms with van der Waals surface area (Å²) >= 11 is 3.42. The van der Waals surface area contributed by atoms with Crippen LogP contribution in [0, 0.1) is 0 Å². The molecule has 0 aliphatic rings.